The molecule has 1 amide bonds. The first-order valence-electron chi connectivity index (χ1n) is 11.8. The number of thiazole rings is 1. The van der Waals surface area contributed by atoms with Crippen LogP contribution in [0.2, 0.25) is 0 Å². The van der Waals surface area contributed by atoms with E-state index in [0.717, 1.165) is 17.8 Å². The minimum absolute atomic E-state index is 0.168. The lowest BCUT2D eigenvalue weighted by Gasteiger charge is -2.24. The fraction of sp³-hybridized carbons (Fsp3) is 0.259. The Balaban J connectivity index is 1.66. The number of anilines is 1. The van der Waals surface area contributed by atoms with Gasteiger partial charge in [0.2, 0.25) is 0 Å². The minimum Gasteiger partial charge on any atom is -0.457 e. The second-order valence-corrected chi connectivity index (χ2v) is 11.3. The lowest BCUT2D eigenvalue weighted by atomic mass is 10.2. The molecule has 0 atom stereocenters. The molecule has 1 aromatic heterocycles. The third kappa shape index (κ3) is 5.92. The van der Waals surface area contributed by atoms with E-state index in [-0.39, 0.29) is 10.8 Å². The van der Waals surface area contributed by atoms with E-state index in [1.807, 2.05) is 36.4 Å². The number of likely N-dealkylation sites (N-methyl/N-ethyl adjacent to an activating group) is 1. The van der Waals surface area contributed by atoms with E-state index in [0.29, 0.717) is 40.8 Å². The van der Waals surface area contributed by atoms with Gasteiger partial charge in [-0.15, -0.1) is 0 Å². The van der Waals surface area contributed by atoms with Gasteiger partial charge in [0.05, 0.1) is 9.60 Å². The molecule has 1 heterocycles. The molecule has 0 unspecified atom stereocenters. The van der Waals surface area contributed by atoms with Gasteiger partial charge in [-0.2, -0.15) is 0 Å². The van der Waals surface area contributed by atoms with Gasteiger partial charge in [-0.3, -0.25) is 9.69 Å². The molecule has 3 aromatic carbocycles. The Morgan fingerprint density at radius 1 is 0.889 bits per heavy atom. The molecule has 0 saturated heterocycles. The molecule has 0 saturated carbocycles. The summed E-state index contributed by atoms with van der Waals surface area (Å²) in [5.74, 6) is 1.15. The molecule has 4 rings (SSSR count). The number of para-hydroxylation sites is 2. The summed E-state index contributed by atoms with van der Waals surface area (Å²) in [6.45, 7) is 6.98. The number of fused-ring (bicyclic) bond motifs is 1. The molecular weight excluding hydrogens is 494 g/mol. The Hall–Kier alpha value is -3.27. The number of carbonyl (C=O) groups is 1. The Kier molecular flexibility index (Phi) is 8.03. The van der Waals surface area contributed by atoms with Gasteiger partial charge in [-0.25, -0.2) is 13.4 Å². The van der Waals surface area contributed by atoms with Crippen molar-refractivity contribution in [3.8, 4) is 11.5 Å². The Labute approximate surface area is 215 Å². The van der Waals surface area contributed by atoms with Crippen molar-refractivity contribution >= 4 is 42.4 Å². The lowest BCUT2D eigenvalue weighted by molar-refractivity contribution is 0.0983. The van der Waals surface area contributed by atoms with Crippen LogP contribution in [0, 0.1) is 0 Å². The van der Waals surface area contributed by atoms with Crippen molar-refractivity contribution in [2.45, 2.75) is 18.7 Å². The van der Waals surface area contributed by atoms with Gasteiger partial charge in [0, 0.05) is 24.9 Å². The number of ether oxygens (including phenoxy) is 1. The number of rotatable bonds is 10. The zero-order valence-corrected chi connectivity index (χ0v) is 22.2. The van der Waals surface area contributed by atoms with Gasteiger partial charge >= 0.3 is 0 Å². The van der Waals surface area contributed by atoms with Crippen molar-refractivity contribution in [1.29, 1.82) is 0 Å². The average Bonchev–Trinajstić information content (AvgIpc) is 3.31. The summed E-state index contributed by atoms with van der Waals surface area (Å²) in [7, 11) is -3.46. The van der Waals surface area contributed by atoms with Crippen LogP contribution in [0.25, 0.3) is 10.2 Å². The van der Waals surface area contributed by atoms with E-state index in [1.165, 1.54) is 17.6 Å². The van der Waals surface area contributed by atoms with Gasteiger partial charge in [0.25, 0.3) is 5.91 Å². The van der Waals surface area contributed by atoms with Crippen molar-refractivity contribution in [3.05, 3.63) is 78.4 Å². The topological polar surface area (TPSA) is 79.8 Å². The van der Waals surface area contributed by atoms with Crippen LogP contribution in [-0.2, 0) is 9.84 Å². The number of nitrogens with zero attached hydrogens (tertiary/aromatic N) is 3. The fourth-order valence-electron chi connectivity index (χ4n) is 3.84. The molecule has 7 nitrogen and oxygen atoms in total. The lowest BCUT2D eigenvalue weighted by Crippen LogP contribution is -2.38. The summed E-state index contributed by atoms with van der Waals surface area (Å²) in [4.78, 5) is 22.3. The molecule has 36 heavy (non-hydrogen) atoms. The van der Waals surface area contributed by atoms with Crippen molar-refractivity contribution in [2.24, 2.45) is 0 Å². The number of amides is 1. The summed E-state index contributed by atoms with van der Waals surface area (Å²) in [5.41, 5.74) is 0.893. The highest BCUT2D eigenvalue weighted by Crippen LogP contribution is 2.33. The maximum Gasteiger partial charge on any atom is 0.260 e. The molecule has 4 aromatic rings. The molecule has 0 fully saturated rings. The van der Waals surface area contributed by atoms with Crippen LogP contribution in [0.5, 0.6) is 11.5 Å². The zero-order valence-electron chi connectivity index (χ0n) is 20.5. The van der Waals surface area contributed by atoms with E-state index < -0.39 is 9.84 Å². The molecule has 9 heteroatoms. The van der Waals surface area contributed by atoms with Crippen LogP contribution in [0.4, 0.5) is 5.13 Å². The van der Waals surface area contributed by atoms with E-state index in [4.69, 9.17) is 4.74 Å². The second kappa shape index (κ2) is 11.2. The first-order chi connectivity index (χ1) is 17.3. The van der Waals surface area contributed by atoms with E-state index >= 15 is 0 Å². The summed E-state index contributed by atoms with van der Waals surface area (Å²) >= 11 is 1.32. The van der Waals surface area contributed by atoms with Crippen molar-refractivity contribution in [3.63, 3.8) is 0 Å². The van der Waals surface area contributed by atoms with Crippen LogP contribution in [0.1, 0.15) is 24.2 Å². The monoisotopic (exact) mass is 523 g/mol. The molecule has 0 N–H and O–H groups in total. The molecule has 188 valence electrons. The minimum atomic E-state index is -3.46. The molecule has 0 aliphatic carbocycles. The van der Waals surface area contributed by atoms with Crippen molar-refractivity contribution in [1.82, 2.24) is 9.88 Å². The Morgan fingerprint density at radius 3 is 2.19 bits per heavy atom. The van der Waals surface area contributed by atoms with Gasteiger partial charge in [0.15, 0.2) is 15.0 Å². The largest absolute Gasteiger partial charge is 0.457 e. The SMILES string of the molecule is CCN(CC)CCN(C(=O)c1ccc(Oc2ccccc2)cc1)c1nc2c(S(C)(=O)=O)cccc2s1. The normalized spacial score (nSPS) is 11.7. The average molecular weight is 524 g/mol. The first-order valence-corrected chi connectivity index (χ1v) is 14.5. The predicted molar refractivity (Wildman–Crippen MR) is 145 cm³/mol. The third-order valence-electron chi connectivity index (χ3n) is 5.86. The van der Waals surface area contributed by atoms with E-state index in [2.05, 4.69) is 23.7 Å². The number of benzene rings is 3. The summed E-state index contributed by atoms with van der Waals surface area (Å²) < 4.78 is 31.2. The second-order valence-electron chi connectivity index (χ2n) is 8.29. The van der Waals surface area contributed by atoms with Gasteiger partial charge in [-0.1, -0.05) is 49.4 Å². The smallest absolute Gasteiger partial charge is 0.260 e. The first kappa shape index (κ1) is 25.8. The molecule has 0 aliphatic heterocycles. The fourth-order valence-corrected chi connectivity index (χ4v) is 5.75. The van der Waals surface area contributed by atoms with Gasteiger partial charge in [-0.05, 0) is 61.6 Å². The van der Waals surface area contributed by atoms with Gasteiger partial charge < -0.3 is 9.64 Å². The Bertz CT molecular complexity index is 1430. The number of hydrogen-bond donors (Lipinski definition) is 0. The Morgan fingerprint density at radius 2 is 1.56 bits per heavy atom. The van der Waals surface area contributed by atoms with Crippen LogP contribution < -0.4 is 9.64 Å². The molecule has 0 radical (unpaired) electrons. The zero-order chi connectivity index (χ0) is 25.7. The van der Waals surface area contributed by atoms with Crippen LogP contribution >= 0.6 is 11.3 Å². The molecule has 0 bridgehead atoms. The summed E-state index contributed by atoms with van der Waals surface area (Å²) in [5, 5.41) is 0.475. The number of aromatic nitrogens is 1. The quantitative estimate of drug-likeness (QED) is 0.274. The molecular formula is C27H29N3O4S2. The number of hydrogen-bond acceptors (Lipinski definition) is 7. The highest BCUT2D eigenvalue weighted by molar-refractivity contribution is 7.91. The predicted octanol–water partition coefficient (Wildman–Crippen LogP) is 5.48. The van der Waals surface area contributed by atoms with Crippen LogP contribution in [0.3, 0.4) is 0 Å². The third-order valence-corrected chi connectivity index (χ3v) is 8.03. The van der Waals surface area contributed by atoms with Gasteiger partial charge in [0.1, 0.15) is 17.0 Å². The standard InChI is InChI=1S/C27H29N3O4S2/c1-4-29(5-2)18-19-30(27-28-25-23(35-27)12-9-13-24(25)36(3,32)33)26(31)20-14-16-22(17-15-20)34-21-10-7-6-8-11-21/h6-17H,4-5,18-19H2,1-3H3. The number of sulfone groups is 1. The maximum atomic E-state index is 13.7. The van der Waals surface area contributed by atoms with Crippen LogP contribution in [0.15, 0.2) is 77.7 Å². The molecule has 0 aliphatic rings. The van der Waals surface area contributed by atoms with Crippen molar-refractivity contribution in [2.75, 3.05) is 37.3 Å². The maximum absolute atomic E-state index is 13.7. The summed E-state index contributed by atoms with van der Waals surface area (Å²) in [6, 6.07) is 21.5. The highest BCUT2D eigenvalue weighted by atomic mass is 32.2. The number of carbonyl (C=O) groups excluding carboxylic acids is 1. The highest BCUT2D eigenvalue weighted by Gasteiger charge is 2.24. The van der Waals surface area contributed by atoms with E-state index in [9.17, 15) is 13.2 Å². The molecule has 0 spiro atoms. The van der Waals surface area contributed by atoms with Crippen molar-refractivity contribution < 1.29 is 17.9 Å². The summed E-state index contributed by atoms with van der Waals surface area (Å²) in [6.07, 6.45) is 1.17. The van der Waals surface area contributed by atoms with E-state index in [1.54, 1.807) is 41.3 Å². The van der Waals surface area contributed by atoms with Crippen LogP contribution in [-0.4, -0.2) is 56.6 Å².